The Morgan fingerprint density at radius 2 is 1.74 bits per heavy atom. The molecule has 5 aromatic rings. The van der Waals surface area contributed by atoms with Gasteiger partial charge in [-0.2, -0.15) is 0 Å². The summed E-state index contributed by atoms with van der Waals surface area (Å²) < 4.78 is 11.0. The second-order valence-corrected chi connectivity index (χ2v) is 10.1. The first-order valence-electron chi connectivity index (χ1n) is 10.2. The van der Waals surface area contributed by atoms with E-state index >= 15 is 0 Å². The molecule has 0 saturated carbocycles. The lowest BCUT2D eigenvalue weighted by molar-refractivity contribution is -0.115. The number of rotatable bonds is 7. The summed E-state index contributed by atoms with van der Waals surface area (Å²) in [6, 6.07) is 12.3. The van der Waals surface area contributed by atoms with Gasteiger partial charge in [-0.1, -0.05) is 41.0 Å². The third-order valence-corrected chi connectivity index (χ3v) is 7.23. The van der Waals surface area contributed by atoms with Crippen LogP contribution in [0.1, 0.15) is 6.92 Å². The second-order valence-electron chi connectivity index (χ2n) is 7.16. The molecule has 0 saturated heterocycles. The minimum absolute atomic E-state index is 0.247. The zero-order chi connectivity index (χ0) is 24.4. The molecular formula is C23H15Cl2N5O3S2. The Bertz CT molecular complexity index is 1470. The van der Waals surface area contributed by atoms with Crippen molar-refractivity contribution >= 4 is 57.3 Å². The Morgan fingerprint density at radius 3 is 2.43 bits per heavy atom. The molecule has 0 fully saturated rings. The van der Waals surface area contributed by atoms with Crippen LogP contribution in [0.25, 0.3) is 34.2 Å². The first kappa shape index (κ1) is 23.6. The standard InChI is InChI=1S/C23H15Cl2N5O3S2/c1-12(21(31)28-22-26-16(11-34-22)13-6-7-14(24)15(25)10-13)35-23-27-19(17-4-2-8-32-17)20(29-30-23)18-5-3-9-33-18/h2-12H,1H3,(H,26,28,31). The van der Waals surface area contributed by atoms with Crippen molar-refractivity contribution in [2.45, 2.75) is 17.3 Å². The summed E-state index contributed by atoms with van der Waals surface area (Å²) in [5.41, 5.74) is 2.42. The topological polar surface area (TPSA) is 107 Å². The Labute approximate surface area is 217 Å². The lowest BCUT2D eigenvalue weighted by Gasteiger charge is -2.10. The summed E-state index contributed by atoms with van der Waals surface area (Å²) in [7, 11) is 0. The second kappa shape index (κ2) is 10.2. The van der Waals surface area contributed by atoms with Crippen molar-refractivity contribution in [1.29, 1.82) is 0 Å². The Kier molecular flexibility index (Phi) is 6.87. The maximum Gasteiger partial charge on any atom is 0.239 e. The van der Waals surface area contributed by atoms with E-state index in [4.69, 9.17) is 32.0 Å². The van der Waals surface area contributed by atoms with Gasteiger partial charge in [-0.25, -0.2) is 9.97 Å². The van der Waals surface area contributed by atoms with E-state index in [-0.39, 0.29) is 5.91 Å². The largest absolute Gasteiger partial charge is 0.463 e. The van der Waals surface area contributed by atoms with E-state index in [1.54, 1.807) is 55.8 Å². The van der Waals surface area contributed by atoms with Crippen molar-refractivity contribution in [1.82, 2.24) is 20.2 Å². The van der Waals surface area contributed by atoms with Crippen LogP contribution in [-0.4, -0.2) is 31.3 Å². The van der Waals surface area contributed by atoms with E-state index in [0.717, 1.165) is 5.56 Å². The van der Waals surface area contributed by atoms with Crippen LogP contribution in [0, 0.1) is 0 Å². The highest BCUT2D eigenvalue weighted by Crippen LogP contribution is 2.33. The van der Waals surface area contributed by atoms with Crippen molar-refractivity contribution in [3.63, 3.8) is 0 Å². The van der Waals surface area contributed by atoms with Gasteiger partial charge in [0, 0.05) is 10.9 Å². The SMILES string of the molecule is CC(Sc1nnc(-c2ccco2)c(-c2ccco2)n1)C(=O)Nc1nc(-c2ccc(Cl)c(Cl)c2)cs1. The number of nitrogens with one attached hydrogen (secondary N) is 1. The fraction of sp³-hybridized carbons (Fsp3) is 0.0870. The van der Waals surface area contributed by atoms with Crippen molar-refractivity contribution in [3.05, 3.63) is 70.4 Å². The summed E-state index contributed by atoms with van der Waals surface area (Å²) in [5.74, 6) is 0.784. The van der Waals surface area contributed by atoms with Gasteiger partial charge < -0.3 is 14.2 Å². The molecule has 0 aliphatic heterocycles. The maximum atomic E-state index is 12.8. The molecule has 0 radical (unpaired) electrons. The highest BCUT2D eigenvalue weighted by atomic mass is 35.5. The quantitative estimate of drug-likeness (QED) is 0.220. The number of amides is 1. The van der Waals surface area contributed by atoms with Gasteiger partial charge in [0.05, 0.1) is 33.5 Å². The lowest BCUT2D eigenvalue weighted by atomic mass is 10.2. The molecule has 0 aliphatic rings. The number of halogens is 2. The van der Waals surface area contributed by atoms with Gasteiger partial charge in [0.25, 0.3) is 0 Å². The molecular weight excluding hydrogens is 529 g/mol. The zero-order valence-corrected chi connectivity index (χ0v) is 21.1. The number of nitrogens with zero attached hydrogens (tertiary/aromatic N) is 4. The average Bonchev–Trinajstić information content (AvgIpc) is 3.63. The normalized spacial score (nSPS) is 12.0. The number of hydrogen-bond donors (Lipinski definition) is 1. The summed E-state index contributed by atoms with van der Waals surface area (Å²) >= 11 is 14.6. The van der Waals surface area contributed by atoms with Gasteiger partial charge in [-0.15, -0.1) is 21.5 Å². The molecule has 0 spiro atoms. The number of thiazole rings is 1. The number of hydrogen-bond acceptors (Lipinski definition) is 9. The molecule has 5 rings (SSSR count). The number of carbonyl (C=O) groups excluding carboxylic acids is 1. The van der Waals surface area contributed by atoms with Crippen LogP contribution in [0.4, 0.5) is 5.13 Å². The minimum atomic E-state index is -0.520. The van der Waals surface area contributed by atoms with Crippen molar-refractivity contribution < 1.29 is 13.6 Å². The molecule has 4 heterocycles. The van der Waals surface area contributed by atoms with Crippen molar-refractivity contribution in [3.8, 4) is 34.2 Å². The summed E-state index contributed by atoms with van der Waals surface area (Å²) in [6.07, 6.45) is 3.09. The molecule has 12 heteroatoms. The minimum Gasteiger partial charge on any atom is -0.463 e. The number of thioether (sulfide) groups is 1. The van der Waals surface area contributed by atoms with Gasteiger partial charge in [-0.05, 0) is 43.3 Å². The van der Waals surface area contributed by atoms with Gasteiger partial charge in [0.2, 0.25) is 11.1 Å². The summed E-state index contributed by atoms with van der Waals surface area (Å²) in [4.78, 5) is 21.9. The fourth-order valence-corrected chi connectivity index (χ4v) is 4.80. The number of furan rings is 2. The van der Waals surface area contributed by atoms with E-state index in [1.807, 2.05) is 11.4 Å². The predicted octanol–water partition coefficient (Wildman–Crippen LogP) is 6.94. The predicted molar refractivity (Wildman–Crippen MR) is 137 cm³/mol. The molecule has 0 bridgehead atoms. The molecule has 1 aromatic carbocycles. The van der Waals surface area contributed by atoms with Crippen LogP contribution in [0.3, 0.4) is 0 Å². The van der Waals surface area contributed by atoms with Crippen LogP contribution in [-0.2, 0) is 4.79 Å². The van der Waals surface area contributed by atoms with Crippen LogP contribution < -0.4 is 5.32 Å². The van der Waals surface area contributed by atoms with Gasteiger partial charge in [0.15, 0.2) is 22.3 Å². The van der Waals surface area contributed by atoms with Gasteiger partial charge in [0.1, 0.15) is 5.69 Å². The smallest absolute Gasteiger partial charge is 0.239 e. The Hall–Kier alpha value is -3.18. The number of carbonyl (C=O) groups is 1. The van der Waals surface area contributed by atoms with E-state index in [0.29, 0.717) is 48.9 Å². The van der Waals surface area contributed by atoms with Crippen LogP contribution in [0.2, 0.25) is 10.0 Å². The van der Waals surface area contributed by atoms with Crippen LogP contribution >= 0.6 is 46.3 Å². The Balaban J connectivity index is 1.30. The molecule has 8 nitrogen and oxygen atoms in total. The first-order valence-corrected chi connectivity index (χ1v) is 12.7. The molecule has 1 N–H and O–H groups in total. The third-order valence-electron chi connectivity index (χ3n) is 4.78. The Morgan fingerprint density at radius 1 is 1.00 bits per heavy atom. The average molecular weight is 544 g/mol. The molecule has 4 aromatic heterocycles. The molecule has 35 heavy (non-hydrogen) atoms. The number of anilines is 1. The van der Waals surface area contributed by atoms with Gasteiger partial charge >= 0.3 is 0 Å². The third kappa shape index (κ3) is 5.25. The fourth-order valence-electron chi connectivity index (χ4n) is 3.06. The molecule has 1 atom stereocenters. The van der Waals surface area contributed by atoms with Crippen molar-refractivity contribution in [2.75, 3.05) is 5.32 Å². The van der Waals surface area contributed by atoms with E-state index in [9.17, 15) is 4.79 Å². The van der Waals surface area contributed by atoms with E-state index in [2.05, 4.69) is 25.5 Å². The van der Waals surface area contributed by atoms with Crippen LogP contribution in [0.5, 0.6) is 0 Å². The monoisotopic (exact) mass is 543 g/mol. The number of aromatic nitrogens is 4. The summed E-state index contributed by atoms with van der Waals surface area (Å²) in [5, 5.41) is 14.3. The molecule has 176 valence electrons. The van der Waals surface area contributed by atoms with Crippen LogP contribution in [0.15, 0.2) is 74.4 Å². The summed E-state index contributed by atoms with van der Waals surface area (Å²) in [6.45, 7) is 1.75. The lowest BCUT2D eigenvalue weighted by Crippen LogP contribution is -2.22. The first-order chi connectivity index (χ1) is 17.0. The zero-order valence-electron chi connectivity index (χ0n) is 17.9. The highest BCUT2D eigenvalue weighted by Gasteiger charge is 2.22. The molecule has 1 unspecified atom stereocenters. The van der Waals surface area contributed by atoms with Gasteiger partial charge in [-0.3, -0.25) is 4.79 Å². The maximum absolute atomic E-state index is 12.8. The number of benzene rings is 1. The van der Waals surface area contributed by atoms with E-state index < -0.39 is 5.25 Å². The molecule has 0 aliphatic carbocycles. The van der Waals surface area contributed by atoms with Crippen molar-refractivity contribution in [2.24, 2.45) is 0 Å². The molecule has 1 amide bonds. The van der Waals surface area contributed by atoms with E-state index in [1.165, 1.54) is 23.1 Å². The highest BCUT2D eigenvalue weighted by molar-refractivity contribution is 8.00.